The lowest BCUT2D eigenvalue weighted by atomic mass is 10.2. The quantitative estimate of drug-likeness (QED) is 0.547. The van der Waals surface area contributed by atoms with E-state index in [9.17, 15) is 4.79 Å². The Hall–Kier alpha value is -2.70. The van der Waals surface area contributed by atoms with E-state index in [0.29, 0.717) is 21.3 Å². The predicted octanol–water partition coefficient (Wildman–Crippen LogP) is 4.91. The van der Waals surface area contributed by atoms with Gasteiger partial charge in [-0.25, -0.2) is 9.97 Å². The van der Waals surface area contributed by atoms with E-state index in [1.807, 2.05) is 49.0 Å². The summed E-state index contributed by atoms with van der Waals surface area (Å²) in [6.07, 6.45) is 3.76. The first-order valence-corrected chi connectivity index (χ1v) is 9.18. The van der Waals surface area contributed by atoms with Crippen LogP contribution >= 0.6 is 22.9 Å². The Balaban J connectivity index is 1.71. The number of para-hydroxylation sites is 1. The summed E-state index contributed by atoms with van der Waals surface area (Å²) in [5.74, 6) is -0.210. The SMILES string of the molecule is Cc1nc(-c2cn(C)c3ncccc23)sc1C(=O)Nc1ccccc1Cl. The number of fused-ring (bicyclic) bond motifs is 1. The summed E-state index contributed by atoms with van der Waals surface area (Å²) in [6.45, 7) is 1.84. The topological polar surface area (TPSA) is 59.8 Å². The summed E-state index contributed by atoms with van der Waals surface area (Å²) in [5, 5.41) is 5.17. The molecule has 0 spiro atoms. The predicted molar refractivity (Wildman–Crippen MR) is 106 cm³/mol. The number of pyridine rings is 1. The van der Waals surface area contributed by atoms with Crippen molar-refractivity contribution >= 4 is 45.6 Å². The monoisotopic (exact) mass is 382 g/mol. The second kappa shape index (κ2) is 6.55. The van der Waals surface area contributed by atoms with Gasteiger partial charge in [0.25, 0.3) is 5.91 Å². The molecule has 3 aromatic heterocycles. The van der Waals surface area contributed by atoms with Crippen LogP contribution in [0.1, 0.15) is 15.4 Å². The Morgan fingerprint density at radius 1 is 1.23 bits per heavy atom. The molecule has 26 heavy (non-hydrogen) atoms. The van der Waals surface area contributed by atoms with Gasteiger partial charge in [-0.1, -0.05) is 23.7 Å². The molecule has 0 aliphatic heterocycles. The van der Waals surface area contributed by atoms with Crippen LogP contribution in [0.2, 0.25) is 5.02 Å². The molecule has 130 valence electrons. The number of rotatable bonds is 3. The largest absolute Gasteiger partial charge is 0.335 e. The third-order valence-electron chi connectivity index (χ3n) is 4.09. The van der Waals surface area contributed by atoms with Gasteiger partial charge in [-0.2, -0.15) is 0 Å². The molecule has 0 aliphatic rings. The number of thiazole rings is 1. The van der Waals surface area contributed by atoms with E-state index in [1.165, 1.54) is 11.3 Å². The number of carbonyl (C=O) groups excluding carboxylic acids is 1. The standard InChI is InChI=1S/C19H15ClN4OS/c1-11-16(18(25)23-15-8-4-3-7-14(15)20)26-19(22-11)13-10-24(2)17-12(13)6-5-9-21-17/h3-10H,1-2H3,(H,23,25). The van der Waals surface area contributed by atoms with Crippen molar-refractivity contribution in [1.29, 1.82) is 0 Å². The molecule has 4 rings (SSSR count). The van der Waals surface area contributed by atoms with E-state index >= 15 is 0 Å². The average Bonchev–Trinajstić information content (AvgIpc) is 3.18. The normalized spacial score (nSPS) is 11.0. The summed E-state index contributed by atoms with van der Waals surface area (Å²) in [7, 11) is 1.95. The van der Waals surface area contributed by atoms with Crippen molar-refractivity contribution in [3.63, 3.8) is 0 Å². The van der Waals surface area contributed by atoms with Crippen LogP contribution in [-0.4, -0.2) is 20.4 Å². The molecule has 1 N–H and O–H groups in total. The highest BCUT2D eigenvalue weighted by Gasteiger charge is 2.19. The zero-order chi connectivity index (χ0) is 18.3. The lowest BCUT2D eigenvalue weighted by Crippen LogP contribution is -2.11. The highest BCUT2D eigenvalue weighted by atomic mass is 35.5. The van der Waals surface area contributed by atoms with Crippen molar-refractivity contribution in [3.8, 4) is 10.6 Å². The second-order valence-electron chi connectivity index (χ2n) is 5.90. The van der Waals surface area contributed by atoms with Crippen LogP contribution in [0.4, 0.5) is 5.69 Å². The molecule has 4 aromatic rings. The van der Waals surface area contributed by atoms with Crippen LogP contribution in [0.25, 0.3) is 21.6 Å². The molecule has 0 fully saturated rings. The number of amides is 1. The first kappa shape index (κ1) is 16.8. The van der Waals surface area contributed by atoms with E-state index in [0.717, 1.165) is 21.6 Å². The fraction of sp³-hybridized carbons (Fsp3) is 0.105. The minimum atomic E-state index is -0.210. The summed E-state index contributed by atoms with van der Waals surface area (Å²) in [4.78, 5) is 22.3. The molecular formula is C19H15ClN4OS. The van der Waals surface area contributed by atoms with Gasteiger partial charge in [-0.05, 0) is 31.2 Å². The lowest BCUT2D eigenvalue weighted by molar-refractivity contribution is 0.103. The molecule has 0 aliphatic carbocycles. The van der Waals surface area contributed by atoms with Crippen LogP contribution < -0.4 is 5.32 Å². The molecule has 0 radical (unpaired) electrons. The highest BCUT2D eigenvalue weighted by Crippen LogP contribution is 2.34. The highest BCUT2D eigenvalue weighted by molar-refractivity contribution is 7.17. The number of aryl methyl sites for hydroxylation is 2. The van der Waals surface area contributed by atoms with Crippen molar-refractivity contribution in [2.75, 3.05) is 5.32 Å². The third kappa shape index (κ3) is 2.87. The van der Waals surface area contributed by atoms with Crippen LogP contribution in [0.15, 0.2) is 48.8 Å². The van der Waals surface area contributed by atoms with Gasteiger partial charge in [0.2, 0.25) is 0 Å². The Labute approximate surface area is 159 Å². The minimum absolute atomic E-state index is 0.210. The van der Waals surface area contributed by atoms with Gasteiger partial charge >= 0.3 is 0 Å². The molecule has 5 nitrogen and oxygen atoms in total. The number of nitrogens with zero attached hydrogens (tertiary/aromatic N) is 3. The first-order chi connectivity index (χ1) is 12.5. The maximum atomic E-state index is 12.7. The summed E-state index contributed by atoms with van der Waals surface area (Å²) in [6, 6.07) is 11.1. The van der Waals surface area contributed by atoms with Crippen LogP contribution in [0.3, 0.4) is 0 Å². The van der Waals surface area contributed by atoms with Crippen molar-refractivity contribution < 1.29 is 4.79 Å². The summed E-state index contributed by atoms with van der Waals surface area (Å²) >= 11 is 7.49. The number of hydrogen-bond acceptors (Lipinski definition) is 4. The van der Waals surface area contributed by atoms with E-state index in [4.69, 9.17) is 11.6 Å². The van der Waals surface area contributed by atoms with Gasteiger partial charge < -0.3 is 9.88 Å². The number of halogens is 1. The number of aromatic nitrogens is 3. The minimum Gasteiger partial charge on any atom is -0.335 e. The van der Waals surface area contributed by atoms with Crippen molar-refractivity contribution in [3.05, 3.63) is 64.4 Å². The number of anilines is 1. The molecule has 0 atom stereocenters. The lowest BCUT2D eigenvalue weighted by Gasteiger charge is -2.05. The molecule has 0 saturated carbocycles. The fourth-order valence-corrected chi connectivity index (χ4v) is 4.02. The van der Waals surface area contributed by atoms with Gasteiger partial charge in [0, 0.05) is 30.4 Å². The van der Waals surface area contributed by atoms with Gasteiger partial charge in [-0.3, -0.25) is 4.79 Å². The van der Waals surface area contributed by atoms with Gasteiger partial charge in [-0.15, -0.1) is 11.3 Å². The fourth-order valence-electron chi connectivity index (χ4n) is 2.85. The smallest absolute Gasteiger partial charge is 0.267 e. The zero-order valence-corrected chi connectivity index (χ0v) is 15.7. The van der Waals surface area contributed by atoms with Crippen molar-refractivity contribution in [2.45, 2.75) is 6.92 Å². The molecule has 1 aromatic carbocycles. The number of carbonyl (C=O) groups is 1. The third-order valence-corrected chi connectivity index (χ3v) is 5.61. The molecule has 3 heterocycles. The maximum absolute atomic E-state index is 12.7. The van der Waals surface area contributed by atoms with E-state index in [1.54, 1.807) is 18.3 Å². The number of nitrogens with one attached hydrogen (secondary N) is 1. The molecule has 0 unspecified atom stereocenters. The molecule has 0 saturated heterocycles. The Kier molecular flexibility index (Phi) is 4.22. The molecule has 7 heteroatoms. The number of hydrogen-bond donors (Lipinski definition) is 1. The van der Waals surface area contributed by atoms with E-state index in [2.05, 4.69) is 15.3 Å². The van der Waals surface area contributed by atoms with E-state index < -0.39 is 0 Å². The maximum Gasteiger partial charge on any atom is 0.267 e. The van der Waals surface area contributed by atoms with Crippen LogP contribution in [-0.2, 0) is 7.05 Å². The van der Waals surface area contributed by atoms with Crippen molar-refractivity contribution in [1.82, 2.24) is 14.5 Å². The van der Waals surface area contributed by atoms with Gasteiger partial charge in [0.15, 0.2) is 0 Å². The molecule has 1 amide bonds. The average molecular weight is 383 g/mol. The van der Waals surface area contributed by atoms with E-state index in [-0.39, 0.29) is 5.91 Å². The number of benzene rings is 1. The summed E-state index contributed by atoms with van der Waals surface area (Å²) < 4.78 is 1.96. The van der Waals surface area contributed by atoms with Crippen LogP contribution in [0.5, 0.6) is 0 Å². The van der Waals surface area contributed by atoms with Crippen LogP contribution in [0, 0.1) is 6.92 Å². The van der Waals surface area contributed by atoms with Gasteiger partial charge in [0.1, 0.15) is 15.5 Å². The van der Waals surface area contributed by atoms with Crippen molar-refractivity contribution in [2.24, 2.45) is 7.05 Å². The first-order valence-electron chi connectivity index (χ1n) is 7.98. The Morgan fingerprint density at radius 2 is 2.04 bits per heavy atom. The second-order valence-corrected chi connectivity index (χ2v) is 7.30. The Morgan fingerprint density at radius 3 is 2.85 bits per heavy atom. The molecule has 0 bridgehead atoms. The zero-order valence-electron chi connectivity index (χ0n) is 14.2. The summed E-state index contributed by atoms with van der Waals surface area (Å²) in [5.41, 5.74) is 3.14. The molecular weight excluding hydrogens is 368 g/mol. The Bertz CT molecular complexity index is 1130. The van der Waals surface area contributed by atoms with Gasteiger partial charge in [0.05, 0.1) is 16.4 Å².